The van der Waals surface area contributed by atoms with Gasteiger partial charge in [-0.3, -0.25) is 4.79 Å². The van der Waals surface area contributed by atoms with E-state index in [-0.39, 0.29) is 18.4 Å². The van der Waals surface area contributed by atoms with Crippen LogP contribution in [0.25, 0.3) is 0 Å². The van der Waals surface area contributed by atoms with E-state index in [2.05, 4.69) is 5.32 Å². The molecule has 0 spiro atoms. The third kappa shape index (κ3) is 4.05. The Morgan fingerprint density at radius 3 is 2.60 bits per heavy atom. The number of carbonyl (C=O) groups is 1. The highest BCUT2D eigenvalue weighted by Gasteiger charge is 2.27. The molecule has 2 atom stereocenters. The average Bonchev–Trinajstić information content (AvgIpc) is 2.99. The van der Waals surface area contributed by atoms with Crippen molar-refractivity contribution in [3.8, 4) is 0 Å². The molecular formula is C16H23NO3. The number of rotatable bonds is 6. The summed E-state index contributed by atoms with van der Waals surface area (Å²) >= 11 is 0. The average molecular weight is 277 g/mol. The predicted molar refractivity (Wildman–Crippen MR) is 77.2 cm³/mol. The molecule has 1 saturated carbocycles. The van der Waals surface area contributed by atoms with E-state index in [1.807, 2.05) is 30.3 Å². The number of nitrogens with one attached hydrogen (secondary N) is 1. The maximum absolute atomic E-state index is 11.6. The van der Waals surface area contributed by atoms with Gasteiger partial charge >= 0.3 is 5.97 Å². The topological polar surface area (TPSA) is 58.6 Å². The van der Waals surface area contributed by atoms with Crippen molar-refractivity contribution in [2.75, 3.05) is 7.11 Å². The van der Waals surface area contributed by atoms with Gasteiger partial charge in [-0.25, -0.2) is 0 Å². The highest BCUT2D eigenvalue weighted by molar-refractivity contribution is 5.70. The van der Waals surface area contributed by atoms with Gasteiger partial charge in [-0.15, -0.1) is 0 Å². The van der Waals surface area contributed by atoms with Gasteiger partial charge in [-0.05, 0) is 18.4 Å². The number of methoxy groups -OCH3 is 1. The van der Waals surface area contributed by atoms with Gasteiger partial charge in [0.2, 0.25) is 0 Å². The minimum absolute atomic E-state index is 0.184. The van der Waals surface area contributed by atoms with Crippen LogP contribution in [0.3, 0.4) is 0 Å². The second kappa shape index (κ2) is 7.41. The molecule has 0 bridgehead atoms. The number of hydrogen-bond donors (Lipinski definition) is 2. The summed E-state index contributed by atoms with van der Waals surface area (Å²) < 4.78 is 4.74. The number of esters is 1. The molecule has 0 aliphatic heterocycles. The number of carbonyl (C=O) groups excluding carboxylic acids is 1. The normalized spacial score (nSPS) is 18.7. The second-order valence-corrected chi connectivity index (χ2v) is 5.39. The van der Waals surface area contributed by atoms with E-state index in [9.17, 15) is 9.90 Å². The first-order valence-corrected chi connectivity index (χ1v) is 7.26. The smallest absolute Gasteiger partial charge is 0.307 e. The van der Waals surface area contributed by atoms with Gasteiger partial charge in [0.15, 0.2) is 0 Å². The molecule has 0 saturated heterocycles. The van der Waals surface area contributed by atoms with E-state index in [1.165, 1.54) is 20.0 Å². The Kier molecular flexibility index (Phi) is 5.56. The van der Waals surface area contributed by atoms with Crippen molar-refractivity contribution in [3.05, 3.63) is 35.9 Å². The molecule has 1 aliphatic rings. The fourth-order valence-electron chi connectivity index (χ4n) is 2.80. The molecule has 0 amide bonds. The summed E-state index contributed by atoms with van der Waals surface area (Å²) in [5.74, 6) is -0.296. The summed E-state index contributed by atoms with van der Waals surface area (Å²) in [6.07, 6.45) is 4.13. The Balaban J connectivity index is 2.05. The number of ether oxygens (including phenoxy) is 1. The van der Waals surface area contributed by atoms with E-state index < -0.39 is 6.10 Å². The number of aliphatic hydroxyl groups excluding tert-OH is 1. The van der Waals surface area contributed by atoms with Crippen LogP contribution < -0.4 is 5.32 Å². The molecule has 110 valence electrons. The molecule has 0 radical (unpaired) electrons. The lowest BCUT2D eigenvalue weighted by Gasteiger charge is -2.27. The fourth-order valence-corrected chi connectivity index (χ4v) is 2.80. The minimum atomic E-state index is -0.698. The van der Waals surface area contributed by atoms with Gasteiger partial charge in [0, 0.05) is 12.1 Å². The summed E-state index contributed by atoms with van der Waals surface area (Å²) in [5.41, 5.74) is 0.826. The van der Waals surface area contributed by atoms with Crippen LogP contribution in [-0.2, 0) is 9.53 Å². The van der Waals surface area contributed by atoms with Crippen molar-refractivity contribution in [3.63, 3.8) is 0 Å². The molecule has 0 aromatic heterocycles. The molecule has 2 rings (SSSR count). The van der Waals surface area contributed by atoms with Crippen molar-refractivity contribution < 1.29 is 14.6 Å². The van der Waals surface area contributed by atoms with Gasteiger partial charge in [0.1, 0.15) is 0 Å². The molecule has 2 unspecified atom stereocenters. The van der Waals surface area contributed by atoms with Gasteiger partial charge in [-0.2, -0.15) is 0 Å². The fraction of sp³-hybridized carbons (Fsp3) is 0.562. The largest absolute Gasteiger partial charge is 0.469 e. The van der Waals surface area contributed by atoms with Crippen LogP contribution in [0.4, 0.5) is 0 Å². The van der Waals surface area contributed by atoms with Crippen LogP contribution in [0.1, 0.15) is 43.8 Å². The molecule has 4 heteroatoms. The van der Waals surface area contributed by atoms with Gasteiger partial charge in [0.25, 0.3) is 0 Å². The summed E-state index contributed by atoms with van der Waals surface area (Å²) in [4.78, 5) is 11.6. The molecule has 4 nitrogen and oxygen atoms in total. The maximum Gasteiger partial charge on any atom is 0.307 e. The summed E-state index contributed by atoms with van der Waals surface area (Å²) in [6.45, 7) is 0. The van der Waals surface area contributed by atoms with Gasteiger partial charge < -0.3 is 15.2 Å². The number of hydrogen-bond acceptors (Lipinski definition) is 4. The lowest BCUT2D eigenvalue weighted by molar-refractivity contribution is -0.142. The van der Waals surface area contributed by atoms with Crippen LogP contribution >= 0.6 is 0 Å². The van der Waals surface area contributed by atoms with Crippen molar-refractivity contribution in [2.24, 2.45) is 0 Å². The molecule has 1 aliphatic carbocycles. The van der Waals surface area contributed by atoms with Gasteiger partial charge in [0.05, 0.1) is 19.6 Å². The summed E-state index contributed by atoms with van der Waals surface area (Å²) in [5, 5.41) is 13.9. The standard InChI is InChI=1S/C16H23NO3/c1-20-15(18)11-14(17-13-9-5-6-10-13)16(19)12-7-3-2-4-8-12/h2-4,7-8,13-14,16-17,19H,5-6,9-11H2,1H3. The molecule has 20 heavy (non-hydrogen) atoms. The zero-order valence-corrected chi connectivity index (χ0v) is 11.9. The molecule has 1 aromatic carbocycles. The van der Waals surface area contributed by atoms with E-state index >= 15 is 0 Å². The number of benzene rings is 1. The SMILES string of the molecule is COC(=O)CC(NC1CCCC1)C(O)c1ccccc1. The molecule has 0 heterocycles. The molecule has 2 N–H and O–H groups in total. The quantitative estimate of drug-likeness (QED) is 0.783. The lowest BCUT2D eigenvalue weighted by atomic mass is 9.98. The Hall–Kier alpha value is -1.39. The third-order valence-electron chi connectivity index (χ3n) is 3.94. The van der Waals surface area contributed by atoms with Crippen LogP contribution in [0.5, 0.6) is 0 Å². The predicted octanol–water partition coefficient (Wildman–Crippen LogP) is 2.18. The monoisotopic (exact) mass is 277 g/mol. The Morgan fingerprint density at radius 1 is 1.35 bits per heavy atom. The minimum Gasteiger partial charge on any atom is -0.469 e. The van der Waals surface area contributed by atoms with Crippen molar-refractivity contribution >= 4 is 5.97 Å². The first-order chi connectivity index (χ1) is 9.70. The highest BCUT2D eigenvalue weighted by Crippen LogP contribution is 2.24. The molecule has 1 aromatic rings. The van der Waals surface area contributed by atoms with Crippen molar-refractivity contribution in [2.45, 2.75) is 50.3 Å². The summed E-state index contributed by atoms with van der Waals surface area (Å²) in [6, 6.07) is 9.55. The zero-order chi connectivity index (χ0) is 14.4. The Labute approximate surface area is 120 Å². The van der Waals surface area contributed by atoms with Crippen molar-refractivity contribution in [1.29, 1.82) is 0 Å². The Morgan fingerprint density at radius 2 is 2.00 bits per heavy atom. The first-order valence-electron chi connectivity index (χ1n) is 7.26. The van der Waals surface area contributed by atoms with E-state index in [0.717, 1.165) is 18.4 Å². The first kappa shape index (κ1) is 15.0. The van der Waals surface area contributed by atoms with Crippen LogP contribution in [0, 0.1) is 0 Å². The van der Waals surface area contributed by atoms with Crippen LogP contribution in [0.15, 0.2) is 30.3 Å². The van der Waals surface area contributed by atoms with Crippen molar-refractivity contribution in [1.82, 2.24) is 5.32 Å². The maximum atomic E-state index is 11.6. The van der Waals surface area contributed by atoms with E-state index in [4.69, 9.17) is 4.74 Å². The highest BCUT2D eigenvalue weighted by atomic mass is 16.5. The summed E-state index contributed by atoms with van der Waals surface area (Å²) in [7, 11) is 1.38. The lowest BCUT2D eigenvalue weighted by Crippen LogP contribution is -2.42. The van der Waals surface area contributed by atoms with Gasteiger partial charge in [-0.1, -0.05) is 43.2 Å². The van der Waals surface area contributed by atoms with E-state index in [1.54, 1.807) is 0 Å². The third-order valence-corrected chi connectivity index (χ3v) is 3.94. The van der Waals surface area contributed by atoms with Crippen LogP contribution in [0.2, 0.25) is 0 Å². The number of aliphatic hydroxyl groups is 1. The van der Waals surface area contributed by atoms with Crippen LogP contribution in [-0.4, -0.2) is 30.3 Å². The second-order valence-electron chi connectivity index (χ2n) is 5.39. The molecule has 1 fully saturated rings. The molecular weight excluding hydrogens is 254 g/mol. The van der Waals surface area contributed by atoms with E-state index in [0.29, 0.717) is 6.04 Å². The zero-order valence-electron chi connectivity index (χ0n) is 11.9. The Bertz CT molecular complexity index is 415.